The van der Waals surface area contributed by atoms with Crippen LogP contribution in [0, 0.1) is 0 Å². The molecule has 0 atom stereocenters. The van der Waals surface area contributed by atoms with Crippen molar-refractivity contribution in [1.29, 1.82) is 0 Å². The van der Waals surface area contributed by atoms with Gasteiger partial charge in [-0.25, -0.2) is 0 Å². The van der Waals surface area contributed by atoms with Crippen molar-refractivity contribution in [3.8, 4) is 11.5 Å². The fourth-order valence-corrected chi connectivity index (χ4v) is 1.91. The first-order chi connectivity index (χ1) is 9.54. The van der Waals surface area contributed by atoms with Crippen molar-refractivity contribution < 1.29 is 14.6 Å². The molecule has 1 N–H and O–H groups in total. The van der Waals surface area contributed by atoms with Gasteiger partial charge in [0.25, 0.3) is 0 Å². The van der Waals surface area contributed by atoms with E-state index < -0.39 is 5.97 Å². The predicted octanol–water partition coefficient (Wildman–Crippen LogP) is 4.51. The Bertz CT molecular complexity index is 539. The molecule has 0 spiro atoms. The Morgan fingerprint density at radius 2 is 1.30 bits per heavy atom. The second kappa shape index (κ2) is 6.35. The highest BCUT2D eigenvalue weighted by atomic mass is 35.5. The van der Waals surface area contributed by atoms with Gasteiger partial charge in [0.2, 0.25) is 0 Å². The molecule has 0 fully saturated rings. The molecule has 0 saturated heterocycles. The summed E-state index contributed by atoms with van der Waals surface area (Å²) >= 11 is 12.0. The molecule has 0 radical (unpaired) electrons. The van der Waals surface area contributed by atoms with Gasteiger partial charge in [-0.05, 0) is 24.3 Å². The number of halogens is 2. The molecule has 3 nitrogen and oxygen atoms in total. The smallest absolute Gasteiger partial charge is 0.368 e. The lowest BCUT2D eigenvalue weighted by Crippen LogP contribution is -2.41. The Kier molecular flexibility index (Phi) is 4.76. The molecule has 5 heteroatoms. The number of ether oxygens (including phenoxy) is 2. The van der Waals surface area contributed by atoms with Gasteiger partial charge in [-0.1, -0.05) is 54.4 Å². The lowest BCUT2D eigenvalue weighted by atomic mass is 10.3. The molecule has 0 aromatic heterocycles. The minimum Gasteiger partial charge on any atom is -0.428 e. The van der Waals surface area contributed by atoms with E-state index >= 15 is 0 Å². The van der Waals surface area contributed by atoms with Crippen LogP contribution in [0.25, 0.3) is 0 Å². The molecule has 0 aliphatic rings. The molecule has 106 valence electrons. The molecule has 0 amide bonds. The van der Waals surface area contributed by atoms with Crippen LogP contribution in [-0.2, 0) is 0 Å². The number of para-hydroxylation sites is 2. The summed E-state index contributed by atoms with van der Waals surface area (Å²) in [4.78, 5) is 0. The van der Waals surface area contributed by atoms with Crippen molar-refractivity contribution in [2.75, 3.05) is 0 Å². The average Bonchev–Trinajstić information content (AvgIpc) is 2.44. The van der Waals surface area contributed by atoms with Crippen molar-refractivity contribution in [1.82, 2.24) is 0 Å². The lowest BCUT2D eigenvalue weighted by molar-refractivity contribution is -0.273. The van der Waals surface area contributed by atoms with Crippen LogP contribution in [0.2, 0.25) is 10.0 Å². The van der Waals surface area contributed by atoms with Gasteiger partial charge in [0.05, 0.1) is 16.5 Å². The summed E-state index contributed by atoms with van der Waals surface area (Å²) in [5, 5.41) is 11.2. The summed E-state index contributed by atoms with van der Waals surface area (Å²) in [7, 11) is 0. The minimum absolute atomic E-state index is 0.198. The summed E-state index contributed by atoms with van der Waals surface area (Å²) in [6.07, 6.45) is 0.198. The quantitative estimate of drug-likeness (QED) is 0.826. The third kappa shape index (κ3) is 3.57. The SMILES string of the molecule is CCC(O)(Oc1ccccc1Cl)Oc1ccccc1Cl. The lowest BCUT2D eigenvalue weighted by Gasteiger charge is -2.28. The fraction of sp³-hybridized carbons (Fsp3) is 0.200. The van der Waals surface area contributed by atoms with Crippen molar-refractivity contribution in [3.05, 3.63) is 58.6 Å². The van der Waals surface area contributed by atoms with E-state index in [1.54, 1.807) is 55.5 Å². The Balaban J connectivity index is 2.22. The summed E-state index contributed by atoms with van der Waals surface area (Å²) in [5.74, 6) is -1.16. The summed E-state index contributed by atoms with van der Waals surface area (Å²) in [5.41, 5.74) is 0. The van der Waals surface area contributed by atoms with Crippen molar-refractivity contribution in [3.63, 3.8) is 0 Å². The Morgan fingerprint density at radius 3 is 1.65 bits per heavy atom. The Hall–Kier alpha value is -1.42. The van der Waals surface area contributed by atoms with E-state index in [1.165, 1.54) is 0 Å². The summed E-state index contributed by atoms with van der Waals surface area (Å²) in [6.45, 7) is 1.73. The van der Waals surface area contributed by atoms with Crippen LogP contribution in [0.5, 0.6) is 11.5 Å². The van der Waals surface area contributed by atoms with E-state index in [-0.39, 0.29) is 6.42 Å². The van der Waals surface area contributed by atoms with E-state index in [4.69, 9.17) is 32.7 Å². The molecular weight excluding hydrogens is 299 g/mol. The molecule has 0 unspecified atom stereocenters. The maximum absolute atomic E-state index is 10.4. The van der Waals surface area contributed by atoms with E-state index in [2.05, 4.69) is 0 Å². The summed E-state index contributed by atoms with van der Waals surface area (Å²) < 4.78 is 11.0. The molecule has 2 aromatic rings. The zero-order valence-electron chi connectivity index (χ0n) is 10.8. The van der Waals surface area contributed by atoms with Gasteiger partial charge in [-0.2, -0.15) is 0 Å². The van der Waals surface area contributed by atoms with Gasteiger partial charge >= 0.3 is 5.97 Å². The highest BCUT2D eigenvalue weighted by molar-refractivity contribution is 6.32. The molecule has 0 saturated carbocycles. The number of hydrogen-bond acceptors (Lipinski definition) is 3. The third-order valence-corrected chi connectivity index (χ3v) is 3.28. The van der Waals surface area contributed by atoms with Crippen LogP contribution < -0.4 is 9.47 Å². The number of hydrogen-bond donors (Lipinski definition) is 1. The highest BCUT2D eigenvalue weighted by Crippen LogP contribution is 2.32. The molecule has 0 aliphatic heterocycles. The topological polar surface area (TPSA) is 38.7 Å². The summed E-state index contributed by atoms with van der Waals surface area (Å²) in [6, 6.07) is 13.7. The number of benzene rings is 2. The van der Waals surface area contributed by atoms with Gasteiger partial charge in [0.1, 0.15) is 11.5 Å². The van der Waals surface area contributed by atoms with E-state index in [1.807, 2.05) is 0 Å². The van der Waals surface area contributed by atoms with Crippen LogP contribution in [-0.4, -0.2) is 11.1 Å². The fourth-order valence-electron chi connectivity index (χ4n) is 1.56. The first-order valence-electron chi connectivity index (χ1n) is 6.13. The molecule has 2 aromatic carbocycles. The Morgan fingerprint density at radius 1 is 0.900 bits per heavy atom. The molecule has 0 aliphatic carbocycles. The largest absolute Gasteiger partial charge is 0.428 e. The molecular formula is C15H14Cl2O3. The molecule has 20 heavy (non-hydrogen) atoms. The van der Waals surface area contributed by atoms with Crippen LogP contribution >= 0.6 is 23.2 Å². The van der Waals surface area contributed by atoms with Gasteiger partial charge < -0.3 is 14.6 Å². The Labute approximate surface area is 127 Å². The standard InChI is InChI=1S/C15H14Cl2O3/c1-2-15(18,19-13-9-5-3-7-11(13)16)20-14-10-6-4-8-12(14)17/h3-10,18H,2H2,1H3. The minimum atomic E-state index is -1.84. The van der Waals surface area contributed by atoms with E-state index in [0.29, 0.717) is 21.5 Å². The zero-order valence-corrected chi connectivity index (χ0v) is 12.4. The van der Waals surface area contributed by atoms with Gasteiger partial charge in [0, 0.05) is 0 Å². The second-order valence-electron chi connectivity index (χ2n) is 4.13. The van der Waals surface area contributed by atoms with Crippen molar-refractivity contribution in [2.45, 2.75) is 19.3 Å². The van der Waals surface area contributed by atoms with Crippen LogP contribution in [0.15, 0.2) is 48.5 Å². The van der Waals surface area contributed by atoms with Crippen LogP contribution in [0.3, 0.4) is 0 Å². The maximum atomic E-state index is 10.4. The molecule has 2 rings (SSSR count). The third-order valence-electron chi connectivity index (χ3n) is 2.66. The molecule has 0 heterocycles. The maximum Gasteiger partial charge on any atom is 0.368 e. The van der Waals surface area contributed by atoms with Gasteiger partial charge in [-0.15, -0.1) is 0 Å². The molecule has 0 bridgehead atoms. The van der Waals surface area contributed by atoms with Crippen molar-refractivity contribution in [2.24, 2.45) is 0 Å². The first-order valence-corrected chi connectivity index (χ1v) is 6.89. The van der Waals surface area contributed by atoms with Crippen molar-refractivity contribution >= 4 is 23.2 Å². The number of aliphatic hydroxyl groups is 1. The van der Waals surface area contributed by atoms with Gasteiger partial charge in [-0.3, -0.25) is 0 Å². The van der Waals surface area contributed by atoms with Crippen LogP contribution in [0.1, 0.15) is 13.3 Å². The normalized spacial score (nSPS) is 11.2. The zero-order chi connectivity index (χ0) is 14.6. The van der Waals surface area contributed by atoms with Crippen LogP contribution in [0.4, 0.5) is 0 Å². The second-order valence-corrected chi connectivity index (χ2v) is 4.95. The number of rotatable bonds is 5. The van der Waals surface area contributed by atoms with E-state index in [9.17, 15) is 5.11 Å². The average molecular weight is 313 g/mol. The monoisotopic (exact) mass is 312 g/mol. The predicted molar refractivity (Wildman–Crippen MR) is 79.4 cm³/mol. The van der Waals surface area contributed by atoms with Gasteiger partial charge in [0.15, 0.2) is 0 Å². The van der Waals surface area contributed by atoms with E-state index in [0.717, 1.165) is 0 Å². The first kappa shape index (κ1) is 15.0. The highest BCUT2D eigenvalue weighted by Gasteiger charge is 2.31.